The van der Waals surface area contributed by atoms with Crippen molar-refractivity contribution in [2.75, 3.05) is 0 Å². The van der Waals surface area contributed by atoms with Gasteiger partial charge in [0.25, 0.3) is 0 Å². The smallest absolute Gasteiger partial charge is 0.230 e. The van der Waals surface area contributed by atoms with Crippen molar-refractivity contribution in [2.24, 2.45) is 28.9 Å². The summed E-state index contributed by atoms with van der Waals surface area (Å²) in [7, 11) is 0. The summed E-state index contributed by atoms with van der Waals surface area (Å²) in [6.07, 6.45) is 6.91. The molecule has 3 unspecified atom stereocenters. The highest BCUT2D eigenvalue weighted by Gasteiger charge is 2.59. The highest BCUT2D eigenvalue weighted by atomic mass is 16.2. The van der Waals surface area contributed by atoms with Crippen LogP contribution in [0.15, 0.2) is 30.3 Å². The summed E-state index contributed by atoms with van der Waals surface area (Å²) in [5.41, 5.74) is 6.32. The fourth-order valence-corrected chi connectivity index (χ4v) is 6.38. The number of carbonyl (C=O) groups is 2. The number of amides is 2. The molecule has 5 atom stereocenters. The van der Waals surface area contributed by atoms with Crippen molar-refractivity contribution < 1.29 is 9.59 Å². The predicted octanol–water partition coefficient (Wildman–Crippen LogP) is 2.51. The van der Waals surface area contributed by atoms with Crippen LogP contribution in [0.25, 0.3) is 0 Å². The number of rotatable bonds is 4. The first-order valence-corrected chi connectivity index (χ1v) is 9.69. The van der Waals surface area contributed by atoms with Crippen LogP contribution in [-0.4, -0.2) is 17.9 Å². The van der Waals surface area contributed by atoms with E-state index in [0.717, 1.165) is 50.5 Å². The SMILES string of the molecule is NC(=O)C12CC3C[C@H](C1)C(NC(=O)C1(c4ccccc4)CC1)[C@@H](C3)C2. The lowest BCUT2D eigenvalue weighted by atomic mass is 9.47. The molecule has 4 nitrogen and oxygen atoms in total. The largest absolute Gasteiger partial charge is 0.369 e. The van der Waals surface area contributed by atoms with Gasteiger partial charge >= 0.3 is 0 Å². The van der Waals surface area contributed by atoms with Gasteiger partial charge in [0.2, 0.25) is 11.8 Å². The fraction of sp³-hybridized carbons (Fsp3) is 0.619. The molecule has 5 fully saturated rings. The van der Waals surface area contributed by atoms with E-state index in [1.54, 1.807) is 0 Å². The third-order valence-electron chi connectivity index (χ3n) is 7.60. The zero-order valence-corrected chi connectivity index (χ0v) is 14.5. The molecule has 4 heteroatoms. The monoisotopic (exact) mass is 338 g/mol. The van der Waals surface area contributed by atoms with Crippen molar-refractivity contribution in [1.29, 1.82) is 0 Å². The molecular weight excluding hydrogens is 312 g/mol. The molecule has 1 aromatic rings. The van der Waals surface area contributed by atoms with Crippen molar-refractivity contribution in [3.63, 3.8) is 0 Å². The minimum atomic E-state index is -0.308. The lowest BCUT2D eigenvalue weighted by Crippen LogP contribution is -2.62. The van der Waals surface area contributed by atoms with Crippen LogP contribution in [0.3, 0.4) is 0 Å². The van der Waals surface area contributed by atoms with E-state index in [0.29, 0.717) is 17.8 Å². The Balaban J connectivity index is 1.36. The summed E-state index contributed by atoms with van der Waals surface area (Å²) in [5, 5.41) is 3.43. The number of nitrogens with two attached hydrogens (primary N) is 1. The van der Waals surface area contributed by atoms with Gasteiger partial charge < -0.3 is 11.1 Å². The normalized spacial score (nSPS) is 39.8. The minimum absolute atomic E-state index is 0.111. The third kappa shape index (κ3) is 2.19. The minimum Gasteiger partial charge on any atom is -0.369 e. The van der Waals surface area contributed by atoms with E-state index in [1.807, 2.05) is 18.2 Å². The Kier molecular flexibility index (Phi) is 3.14. The molecule has 0 heterocycles. The molecule has 0 aliphatic heterocycles. The lowest BCUT2D eigenvalue weighted by molar-refractivity contribution is -0.147. The molecule has 25 heavy (non-hydrogen) atoms. The van der Waals surface area contributed by atoms with Gasteiger partial charge in [0, 0.05) is 11.5 Å². The summed E-state index contributed by atoms with van der Waals surface area (Å²) in [4.78, 5) is 25.2. The number of hydrogen-bond acceptors (Lipinski definition) is 2. The van der Waals surface area contributed by atoms with Gasteiger partial charge in [0.1, 0.15) is 0 Å². The molecule has 4 bridgehead atoms. The molecule has 0 saturated heterocycles. The molecule has 1 aromatic carbocycles. The van der Waals surface area contributed by atoms with Crippen LogP contribution in [0.1, 0.15) is 50.5 Å². The van der Waals surface area contributed by atoms with E-state index in [-0.39, 0.29) is 28.7 Å². The molecular formula is C21H26N2O2. The maximum Gasteiger partial charge on any atom is 0.230 e. The molecule has 132 valence electrons. The fourth-order valence-electron chi connectivity index (χ4n) is 6.38. The molecule has 6 rings (SSSR count). The molecule has 0 radical (unpaired) electrons. The van der Waals surface area contributed by atoms with Crippen LogP contribution in [0.2, 0.25) is 0 Å². The molecule has 5 aliphatic rings. The molecule has 3 N–H and O–H groups in total. The second kappa shape index (κ2) is 5.09. The van der Waals surface area contributed by atoms with Gasteiger partial charge in [-0.05, 0) is 68.3 Å². The van der Waals surface area contributed by atoms with Crippen LogP contribution in [0, 0.1) is 23.2 Å². The summed E-state index contributed by atoms with van der Waals surface area (Å²) in [6, 6.07) is 10.4. The second-order valence-corrected chi connectivity index (χ2v) is 9.06. The molecule has 5 aliphatic carbocycles. The van der Waals surface area contributed by atoms with E-state index in [1.165, 1.54) is 0 Å². The van der Waals surface area contributed by atoms with Gasteiger partial charge in [-0.15, -0.1) is 0 Å². The average molecular weight is 338 g/mol. The zero-order chi connectivity index (χ0) is 17.2. The summed E-state index contributed by atoms with van der Waals surface area (Å²) >= 11 is 0. The van der Waals surface area contributed by atoms with E-state index in [9.17, 15) is 9.59 Å². The number of carbonyl (C=O) groups excluding carboxylic acids is 2. The Morgan fingerprint density at radius 3 is 2.20 bits per heavy atom. The first kappa shape index (κ1) is 15.4. The van der Waals surface area contributed by atoms with E-state index in [4.69, 9.17) is 5.73 Å². The average Bonchev–Trinajstić information content (AvgIpc) is 3.40. The van der Waals surface area contributed by atoms with E-state index in [2.05, 4.69) is 17.4 Å². The topological polar surface area (TPSA) is 72.2 Å². The number of nitrogens with one attached hydrogen (secondary N) is 1. The Bertz CT molecular complexity index is 709. The van der Waals surface area contributed by atoms with Crippen molar-refractivity contribution in [1.82, 2.24) is 5.32 Å². The number of benzene rings is 1. The zero-order valence-electron chi connectivity index (χ0n) is 14.5. The van der Waals surface area contributed by atoms with Crippen LogP contribution in [-0.2, 0) is 15.0 Å². The van der Waals surface area contributed by atoms with Gasteiger partial charge in [-0.1, -0.05) is 30.3 Å². The van der Waals surface area contributed by atoms with Crippen LogP contribution < -0.4 is 11.1 Å². The lowest BCUT2D eigenvalue weighted by Gasteiger charge is -2.59. The summed E-state index contributed by atoms with van der Waals surface area (Å²) < 4.78 is 0. The molecule has 5 saturated carbocycles. The standard InChI is InChI=1S/C21H26N2O2/c22-18(24)20-10-13-8-14(11-20)17(15(9-13)12-20)23-19(25)21(6-7-21)16-4-2-1-3-5-16/h1-5,13-15,17H,6-12H2,(H2,22,24)(H,23,25)/t13?,14-,15+,17?,20?. The Hall–Kier alpha value is -1.84. The highest BCUT2D eigenvalue weighted by Crippen LogP contribution is 2.60. The van der Waals surface area contributed by atoms with Crippen molar-refractivity contribution in [2.45, 2.75) is 56.4 Å². The van der Waals surface area contributed by atoms with Gasteiger partial charge in [-0.3, -0.25) is 9.59 Å². The molecule has 0 aromatic heterocycles. The molecule has 0 spiro atoms. The predicted molar refractivity (Wildman–Crippen MR) is 94.5 cm³/mol. The van der Waals surface area contributed by atoms with Crippen LogP contribution >= 0.6 is 0 Å². The van der Waals surface area contributed by atoms with Gasteiger partial charge in [-0.25, -0.2) is 0 Å². The Morgan fingerprint density at radius 1 is 1.00 bits per heavy atom. The summed E-state index contributed by atoms with van der Waals surface area (Å²) in [6.45, 7) is 0. The summed E-state index contributed by atoms with van der Waals surface area (Å²) in [5.74, 6) is 1.56. The van der Waals surface area contributed by atoms with E-state index < -0.39 is 0 Å². The van der Waals surface area contributed by atoms with Crippen LogP contribution in [0.4, 0.5) is 0 Å². The first-order valence-electron chi connectivity index (χ1n) is 9.69. The number of primary amides is 1. The van der Waals surface area contributed by atoms with Crippen molar-refractivity contribution in [3.05, 3.63) is 35.9 Å². The maximum absolute atomic E-state index is 13.1. The number of hydrogen-bond donors (Lipinski definition) is 2. The maximum atomic E-state index is 13.1. The van der Waals surface area contributed by atoms with Crippen molar-refractivity contribution >= 4 is 11.8 Å². The Morgan fingerprint density at radius 2 is 1.64 bits per heavy atom. The van der Waals surface area contributed by atoms with E-state index >= 15 is 0 Å². The highest BCUT2D eigenvalue weighted by molar-refractivity contribution is 5.91. The second-order valence-electron chi connectivity index (χ2n) is 9.06. The first-order chi connectivity index (χ1) is 12.0. The molecule has 2 amide bonds. The van der Waals surface area contributed by atoms with Gasteiger partial charge in [0.05, 0.1) is 5.41 Å². The van der Waals surface area contributed by atoms with Crippen LogP contribution in [0.5, 0.6) is 0 Å². The quantitative estimate of drug-likeness (QED) is 0.885. The Labute approximate surface area is 148 Å². The van der Waals surface area contributed by atoms with Gasteiger partial charge in [-0.2, -0.15) is 0 Å². The van der Waals surface area contributed by atoms with Crippen molar-refractivity contribution in [3.8, 4) is 0 Å². The third-order valence-corrected chi connectivity index (χ3v) is 7.60. The van der Waals surface area contributed by atoms with Gasteiger partial charge in [0.15, 0.2) is 0 Å².